The number of Topliss-reactive ketones (excluding diaryl/α,β-unsaturated/α-hetero) is 1. The van der Waals surface area contributed by atoms with E-state index < -0.39 is 0 Å². The molecule has 2 aromatic rings. The second-order valence-corrected chi connectivity index (χ2v) is 5.66. The lowest BCUT2D eigenvalue weighted by atomic mass is 10.1. The van der Waals surface area contributed by atoms with Crippen LogP contribution in [0.3, 0.4) is 0 Å². The third kappa shape index (κ3) is 3.71. The van der Waals surface area contributed by atoms with Gasteiger partial charge in [-0.25, -0.2) is 0 Å². The summed E-state index contributed by atoms with van der Waals surface area (Å²) < 4.78 is 7.55. The van der Waals surface area contributed by atoms with Crippen LogP contribution in [0, 0.1) is 5.92 Å². The fraction of sp³-hybridized carbons (Fsp3) is 0.438. The molecule has 1 aromatic carbocycles. The van der Waals surface area contributed by atoms with E-state index >= 15 is 0 Å². The van der Waals surface area contributed by atoms with Crippen molar-refractivity contribution in [1.82, 2.24) is 20.3 Å². The summed E-state index contributed by atoms with van der Waals surface area (Å²) in [6, 6.07) is 7.12. The van der Waals surface area contributed by atoms with Gasteiger partial charge in [0.15, 0.2) is 5.78 Å². The highest BCUT2D eigenvalue weighted by atomic mass is 16.5. The van der Waals surface area contributed by atoms with Crippen molar-refractivity contribution in [2.75, 3.05) is 13.1 Å². The van der Waals surface area contributed by atoms with Crippen molar-refractivity contribution in [1.29, 1.82) is 0 Å². The number of carbonyl (C=O) groups excluding carboxylic acids is 1. The Balaban J connectivity index is 1.52. The van der Waals surface area contributed by atoms with Crippen molar-refractivity contribution in [2.24, 2.45) is 5.92 Å². The molecule has 0 spiro atoms. The first-order valence-corrected chi connectivity index (χ1v) is 7.54. The third-order valence-corrected chi connectivity index (χ3v) is 3.84. The summed E-state index contributed by atoms with van der Waals surface area (Å²) in [5.74, 6) is 1.41. The van der Waals surface area contributed by atoms with Crippen LogP contribution in [0.5, 0.6) is 5.75 Å². The van der Waals surface area contributed by atoms with E-state index in [1.807, 2.05) is 10.9 Å². The number of nitrogens with one attached hydrogen (secondary N) is 1. The number of rotatable bonds is 6. The smallest absolute Gasteiger partial charge is 0.159 e. The van der Waals surface area contributed by atoms with Crippen LogP contribution < -0.4 is 10.1 Å². The van der Waals surface area contributed by atoms with Crippen LogP contribution in [0.25, 0.3) is 0 Å². The Morgan fingerprint density at radius 2 is 2.23 bits per heavy atom. The van der Waals surface area contributed by atoms with E-state index in [4.69, 9.17) is 4.74 Å². The summed E-state index contributed by atoms with van der Waals surface area (Å²) in [6.07, 6.45) is 3.12. The fourth-order valence-corrected chi connectivity index (χ4v) is 2.57. The summed E-state index contributed by atoms with van der Waals surface area (Å²) >= 11 is 0. The average Bonchev–Trinajstić information content (AvgIpc) is 3.18. The number of benzene rings is 1. The number of carbonyl (C=O) groups is 1. The lowest BCUT2D eigenvalue weighted by molar-refractivity contribution is 0.101. The SMILES string of the molecule is CC(=O)c1ccc(OCc2cn(CC3CCNC3)nn2)cc1. The molecule has 3 rings (SSSR count). The van der Waals surface area contributed by atoms with Gasteiger partial charge in [-0.3, -0.25) is 9.48 Å². The minimum atomic E-state index is 0.0518. The first-order valence-electron chi connectivity index (χ1n) is 7.54. The topological polar surface area (TPSA) is 69.0 Å². The van der Waals surface area contributed by atoms with E-state index in [1.165, 1.54) is 6.42 Å². The van der Waals surface area contributed by atoms with Crippen LogP contribution >= 0.6 is 0 Å². The lowest BCUT2D eigenvalue weighted by Crippen LogP contribution is -2.14. The second kappa shape index (κ2) is 6.70. The molecule has 1 aliphatic heterocycles. The van der Waals surface area contributed by atoms with E-state index in [1.54, 1.807) is 31.2 Å². The monoisotopic (exact) mass is 300 g/mol. The summed E-state index contributed by atoms with van der Waals surface area (Å²) in [7, 11) is 0. The van der Waals surface area contributed by atoms with Gasteiger partial charge in [-0.1, -0.05) is 5.21 Å². The minimum Gasteiger partial charge on any atom is -0.487 e. The summed E-state index contributed by atoms with van der Waals surface area (Å²) in [6.45, 7) is 4.96. The van der Waals surface area contributed by atoms with Crippen LogP contribution in [0.1, 0.15) is 29.4 Å². The molecule has 1 atom stereocenters. The van der Waals surface area contributed by atoms with Crippen LogP contribution in [-0.2, 0) is 13.2 Å². The first kappa shape index (κ1) is 14.7. The number of aromatic nitrogens is 3. The third-order valence-electron chi connectivity index (χ3n) is 3.84. The van der Waals surface area contributed by atoms with Gasteiger partial charge in [0.1, 0.15) is 18.1 Å². The molecule has 1 unspecified atom stereocenters. The summed E-state index contributed by atoms with van der Waals surface area (Å²) in [4.78, 5) is 11.2. The molecule has 6 nitrogen and oxygen atoms in total. The molecule has 0 radical (unpaired) electrons. The summed E-state index contributed by atoms with van der Waals surface area (Å²) in [5, 5.41) is 11.6. The minimum absolute atomic E-state index is 0.0518. The van der Waals surface area contributed by atoms with Gasteiger partial charge >= 0.3 is 0 Å². The predicted octanol–water partition coefficient (Wildman–Crippen LogP) is 1.67. The van der Waals surface area contributed by atoms with Crippen molar-refractivity contribution in [3.05, 3.63) is 41.7 Å². The highest BCUT2D eigenvalue weighted by Crippen LogP contribution is 2.14. The quantitative estimate of drug-likeness (QED) is 0.822. The van der Waals surface area contributed by atoms with E-state index in [2.05, 4.69) is 15.6 Å². The molecule has 6 heteroatoms. The van der Waals surface area contributed by atoms with Crippen LogP contribution in [0.15, 0.2) is 30.5 Å². The zero-order chi connectivity index (χ0) is 15.4. The maximum atomic E-state index is 11.2. The Morgan fingerprint density at radius 3 is 2.91 bits per heavy atom. The van der Waals surface area contributed by atoms with Crippen LogP contribution in [-0.4, -0.2) is 33.9 Å². The molecule has 1 saturated heterocycles. The Hall–Kier alpha value is -2.21. The van der Waals surface area contributed by atoms with Gasteiger partial charge in [0.2, 0.25) is 0 Å². The number of nitrogens with zero attached hydrogens (tertiary/aromatic N) is 3. The molecule has 0 bridgehead atoms. The Morgan fingerprint density at radius 1 is 1.41 bits per heavy atom. The van der Waals surface area contributed by atoms with Gasteiger partial charge in [0.25, 0.3) is 0 Å². The molecule has 1 aromatic heterocycles. The van der Waals surface area contributed by atoms with Gasteiger partial charge < -0.3 is 10.1 Å². The zero-order valence-corrected chi connectivity index (χ0v) is 12.7. The molecule has 1 aliphatic rings. The molecule has 0 aliphatic carbocycles. The highest BCUT2D eigenvalue weighted by Gasteiger charge is 2.15. The number of hydrogen-bond donors (Lipinski definition) is 1. The van der Waals surface area contributed by atoms with E-state index in [0.717, 1.165) is 31.1 Å². The van der Waals surface area contributed by atoms with Crippen LogP contribution in [0.4, 0.5) is 0 Å². The number of ether oxygens (including phenoxy) is 1. The van der Waals surface area contributed by atoms with Crippen molar-refractivity contribution in [3.63, 3.8) is 0 Å². The Labute approximate surface area is 129 Å². The number of hydrogen-bond acceptors (Lipinski definition) is 5. The Kier molecular flexibility index (Phi) is 4.48. The normalized spacial score (nSPS) is 17.6. The standard InChI is InChI=1S/C16H20N4O2/c1-12(21)14-2-4-16(5-3-14)22-11-15-10-20(19-18-15)9-13-6-7-17-8-13/h2-5,10,13,17H,6-9,11H2,1H3. The molecular weight excluding hydrogens is 280 g/mol. The van der Waals surface area contributed by atoms with Gasteiger partial charge in [-0.15, -0.1) is 5.10 Å². The lowest BCUT2D eigenvalue weighted by Gasteiger charge is -2.06. The van der Waals surface area contributed by atoms with Crippen molar-refractivity contribution in [3.8, 4) is 5.75 Å². The molecule has 1 N–H and O–H groups in total. The molecule has 2 heterocycles. The second-order valence-electron chi connectivity index (χ2n) is 5.66. The van der Waals surface area contributed by atoms with E-state index in [9.17, 15) is 4.79 Å². The largest absolute Gasteiger partial charge is 0.487 e. The maximum Gasteiger partial charge on any atom is 0.159 e. The van der Waals surface area contributed by atoms with Gasteiger partial charge in [0.05, 0.1) is 6.20 Å². The van der Waals surface area contributed by atoms with Crippen LogP contribution in [0.2, 0.25) is 0 Å². The zero-order valence-electron chi connectivity index (χ0n) is 12.7. The van der Waals surface area contributed by atoms with E-state index in [0.29, 0.717) is 18.1 Å². The van der Waals surface area contributed by atoms with E-state index in [-0.39, 0.29) is 5.78 Å². The molecule has 1 fully saturated rings. The fourth-order valence-electron chi connectivity index (χ4n) is 2.57. The predicted molar refractivity (Wildman–Crippen MR) is 81.8 cm³/mol. The first-order chi connectivity index (χ1) is 10.7. The summed E-state index contributed by atoms with van der Waals surface area (Å²) in [5.41, 5.74) is 1.49. The highest BCUT2D eigenvalue weighted by molar-refractivity contribution is 5.94. The maximum absolute atomic E-state index is 11.2. The van der Waals surface area contributed by atoms with Crippen molar-refractivity contribution >= 4 is 5.78 Å². The molecule has 0 saturated carbocycles. The number of ketones is 1. The van der Waals surface area contributed by atoms with Gasteiger partial charge in [-0.05, 0) is 56.6 Å². The molecule has 22 heavy (non-hydrogen) atoms. The van der Waals surface area contributed by atoms with Crippen molar-refractivity contribution in [2.45, 2.75) is 26.5 Å². The molecular formula is C16H20N4O2. The molecule has 0 amide bonds. The van der Waals surface area contributed by atoms with Gasteiger partial charge in [0, 0.05) is 12.1 Å². The van der Waals surface area contributed by atoms with Crippen molar-refractivity contribution < 1.29 is 9.53 Å². The Bertz CT molecular complexity index is 630. The van der Waals surface area contributed by atoms with Gasteiger partial charge in [-0.2, -0.15) is 0 Å². The average molecular weight is 300 g/mol. The molecule has 116 valence electrons.